The van der Waals surface area contributed by atoms with Crippen molar-refractivity contribution in [1.29, 1.82) is 0 Å². The van der Waals surface area contributed by atoms with Crippen LogP contribution >= 0.6 is 11.8 Å². The van der Waals surface area contributed by atoms with Crippen LogP contribution in [0.1, 0.15) is 16.6 Å². The summed E-state index contributed by atoms with van der Waals surface area (Å²) in [5.41, 5.74) is 3.02. The normalized spacial score (nSPS) is 20.0. The first-order chi connectivity index (χ1) is 12.3. The highest BCUT2D eigenvalue weighted by molar-refractivity contribution is 8.01. The van der Waals surface area contributed by atoms with Gasteiger partial charge in [0.05, 0.1) is 10.9 Å². The Morgan fingerprint density at radius 3 is 2.24 bits per heavy atom. The van der Waals surface area contributed by atoms with Gasteiger partial charge in [-0.2, -0.15) is 0 Å². The maximum Gasteiger partial charge on any atom is 0.241 e. The van der Waals surface area contributed by atoms with E-state index in [1.807, 2.05) is 71.6 Å². The standard InChI is InChI=1S/C21H18N2OS/c24-20-19(15-16-9-3-1-4-10-16)25-21(18-13-7-8-14-22-18)23(20)17-11-5-2-6-12-17/h1-14,19,21H,15H2. The lowest BCUT2D eigenvalue weighted by Gasteiger charge is -2.23. The zero-order valence-corrected chi connectivity index (χ0v) is 14.5. The largest absolute Gasteiger partial charge is 0.293 e. The van der Waals surface area contributed by atoms with Crippen LogP contribution in [-0.4, -0.2) is 16.1 Å². The second kappa shape index (κ2) is 7.11. The predicted molar refractivity (Wildman–Crippen MR) is 102 cm³/mol. The van der Waals surface area contributed by atoms with Gasteiger partial charge < -0.3 is 0 Å². The number of hydrogen-bond acceptors (Lipinski definition) is 3. The van der Waals surface area contributed by atoms with Gasteiger partial charge >= 0.3 is 0 Å². The smallest absolute Gasteiger partial charge is 0.241 e. The number of aromatic nitrogens is 1. The van der Waals surface area contributed by atoms with Crippen LogP contribution in [0.5, 0.6) is 0 Å². The summed E-state index contributed by atoms with van der Waals surface area (Å²) in [6, 6.07) is 25.9. The molecule has 1 aliphatic heterocycles. The van der Waals surface area contributed by atoms with E-state index in [2.05, 4.69) is 17.1 Å². The van der Waals surface area contributed by atoms with E-state index < -0.39 is 0 Å². The van der Waals surface area contributed by atoms with Gasteiger partial charge in [0.1, 0.15) is 5.37 Å². The maximum atomic E-state index is 13.2. The summed E-state index contributed by atoms with van der Waals surface area (Å²) in [7, 11) is 0. The van der Waals surface area contributed by atoms with Crippen molar-refractivity contribution in [3.8, 4) is 0 Å². The lowest BCUT2D eigenvalue weighted by atomic mass is 10.1. The average Bonchev–Trinajstić information content (AvgIpc) is 3.00. The predicted octanol–water partition coefficient (Wildman–Crippen LogP) is 4.47. The minimum Gasteiger partial charge on any atom is -0.293 e. The summed E-state index contributed by atoms with van der Waals surface area (Å²) in [5.74, 6) is 0.149. The average molecular weight is 346 g/mol. The first kappa shape index (κ1) is 15.9. The van der Waals surface area contributed by atoms with Gasteiger partial charge in [0.25, 0.3) is 0 Å². The molecule has 0 N–H and O–H groups in total. The maximum absolute atomic E-state index is 13.2. The summed E-state index contributed by atoms with van der Waals surface area (Å²) in [6.45, 7) is 0. The molecule has 0 aliphatic carbocycles. The molecule has 2 heterocycles. The van der Waals surface area contributed by atoms with Crippen LogP contribution in [0.15, 0.2) is 85.1 Å². The van der Waals surface area contributed by atoms with Crippen LogP contribution in [0, 0.1) is 0 Å². The van der Waals surface area contributed by atoms with Gasteiger partial charge in [-0.1, -0.05) is 54.6 Å². The molecule has 2 unspecified atom stereocenters. The highest BCUT2D eigenvalue weighted by Crippen LogP contribution is 2.45. The molecule has 3 aromatic rings. The molecule has 0 spiro atoms. The monoisotopic (exact) mass is 346 g/mol. The molecule has 3 nitrogen and oxygen atoms in total. The van der Waals surface area contributed by atoms with Crippen molar-refractivity contribution in [1.82, 2.24) is 4.98 Å². The fraction of sp³-hybridized carbons (Fsp3) is 0.143. The van der Waals surface area contributed by atoms with E-state index in [9.17, 15) is 4.79 Å². The second-order valence-electron chi connectivity index (χ2n) is 5.97. The third-order valence-electron chi connectivity index (χ3n) is 4.28. The van der Waals surface area contributed by atoms with Crippen molar-refractivity contribution in [2.24, 2.45) is 0 Å². The van der Waals surface area contributed by atoms with Crippen molar-refractivity contribution in [3.63, 3.8) is 0 Å². The number of anilines is 1. The molecule has 4 rings (SSSR count). The van der Waals surface area contributed by atoms with Gasteiger partial charge in [-0.15, -0.1) is 11.8 Å². The Morgan fingerprint density at radius 1 is 0.880 bits per heavy atom. The highest BCUT2D eigenvalue weighted by Gasteiger charge is 2.42. The number of benzene rings is 2. The second-order valence-corrected chi connectivity index (χ2v) is 7.25. The molecule has 1 aromatic heterocycles. The van der Waals surface area contributed by atoms with Gasteiger partial charge in [-0.05, 0) is 36.2 Å². The Bertz CT molecular complexity index is 840. The van der Waals surface area contributed by atoms with Crippen molar-refractivity contribution in [2.45, 2.75) is 17.0 Å². The topological polar surface area (TPSA) is 33.2 Å². The molecular weight excluding hydrogens is 328 g/mol. The molecule has 124 valence electrons. The van der Waals surface area contributed by atoms with Gasteiger partial charge in [0.15, 0.2) is 0 Å². The fourth-order valence-corrected chi connectivity index (χ4v) is 4.54. The number of carbonyl (C=O) groups is 1. The molecule has 25 heavy (non-hydrogen) atoms. The Hall–Kier alpha value is -2.59. The van der Waals surface area contributed by atoms with Gasteiger partial charge in [-0.25, -0.2) is 0 Å². The molecule has 2 atom stereocenters. The summed E-state index contributed by atoms with van der Waals surface area (Å²) in [5, 5.41) is -0.195. The summed E-state index contributed by atoms with van der Waals surface area (Å²) in [6.07, 6.45) is 2.52. The van der Waals surface area contributed by atoms with Crippen molar-refractivity contribution < 1.29 is 4.79 Å². The molecule has 1 aliphatic rings. The zero-order chi connectivity index (χ0) is 17.1. The number of carbonyl (C=O) groups excluding carboxylic acids is 1. The first-order valence-electron chi connectivity index (χ1n) is 8.31. The molecule has 1 fully saturated rings. The molecule has 0 saturated carbocycles. The summed E-state index contributed by atoms with van der Waals surface area (Å²) in [4.78, 5) is 19.6. The Labute approximate surface area is 151 Å². The highest BCUT2D eigenvalue weighted by atomic mass is 32.2. The van der Waals surface area contributed by atoms with Gasteiger partial charge in [0.2, 0.25) is 5.91 Å². The van der Waals surface area contributed by atoms with Crippen LogP contribution in [0.25, 0.3) is 0 Å². The molecule has 2 aromatic carbocycles. The molecule has 0 bridgehead atoms. The number of pyridine rings is 1. The van der Waals surface area contributed by atoms with Crippen molar-refractivity contribution >= 4 is 23.4 Å². The van der Waals surface area contributed by atoms with E-state index in [0.29, 0.717) is 0 Å². The number of nitrogens with zero attached hydrogens (tertiary/aromatic N) is 2. The van der Waals surface area contributed by atoms with E-state index in [0.717, 1.165) is 17.8 Å². The molecule has 0 radical (unpaired) electrons. The third-order valence-corrected chi connectivity index (χ3v) is 5.69. The van der Waals surface area contributed by atoms with E-state index in [-0.39, 0.29) is 16.5 Å². The summed E-state index contributed by atoms with van der Waals surface area (Å²) < 4.78 is 0. The number of thioether (sulfide) groups is 1. The van der Waals surface area contributed by atoms with Crippen LogP contribution in [0.2, 0.25) is 0 Å². The van der Waals surface area contributed by atoms with Crippen LogP contribution < -0.4 is 4.90 Å². The SMILES string of the molecule is O=C1C(Cc2ccccc2)SC(c2ccccn2)N1c1ccccc1. The quantitative estimate of drug-likeness (QED) is 0.699. The minimum atomic E-state index is -0.102. The first-order valence-corrected chi connectivity index (χ1v) is 9.25. The molecule has 1 saturated heterocycles. The van der Waals surface area contributed by atoms with E-state index in [1.54, 1.807) is 18.0 Å². The van der Waals surface area contributed by atoms with Crippen LogP contribution in [0.4, 0.5) is 5.69 Å². The van der Waals surface area contributed by atoms with E-state index >= 15 is 0 Å². The number of amides is 1. The number of hydrogen-bond donors (Lipinski definition) is 0. The third kappa shape index (κ3) is 3.30. The van der Waals surface area contributed by atoms with Crippen molar-refractivity contribution in [2.75, 3.05) is 4.90 Å². The molecule has 4 heteroatoms. The summed E-state index contributed by atoms with van der Waals surface area (Å²) >= 11 is 1.68. The van der Waals surface area contributed by atoms with Gasteiger partial charge in [-0.3, -0.25) is 14.7 Å². The lowest BCUT2D eigenvalue weighted by Crippen LogP contribution is -2.32. The minimum absolute atomic E-state index is 0.0928. The van der Waals surface area contributed by atoms with Crippen LogP contribution in [0.3, 0.4) is 0 Å². The van der Waals surface area contributed by atoms with Crippen molar-refractivity contribution in [3.05, 3.63) is 96.3 Å². The zero-order valence-electron chi connectivity index (χ0n) is 13.7. The molecular formula is C21H18N2OS. The van der Waals surface area contributed by atoms with E-state index in [4.69, 9.17) is 0 Å². The Balaban J connectivity index is 1.68. The fourth-order valence-electron chi connectivity index (χ4n) is 3.08. The van der Waals surface area contributed by atoms with E-state index in [1.165, 1.54) is 5.56 Å². The number of para-hydroxylation sites is 1. The van der Waals surface area contributed by atoms with Crippen LogP contribution in [-0.2, 0) is 11.2 Å². The molecule has 1 amide bonds. The number of rotatable bonds is 4. The van der Waals surface area contributed by atoms with Gasteiger partial charge in [0, 0.05) is 11.9 Å². The Kier molecular flexibility index (Phi) is 4.53. The Morgan fingerprint density at radius 2 is 1.56 bits per heavy atom. The lowest BCUT2D eigenvalue weighted by molar-refractivity contribution is -0.117.